The molecule has 0 saturated heterocycles. The highest BCUT2D eigenvalue weighted by molar-refractivity contribution is 7.89. The number of amides is 2. The number of carboxylic acid groups (broad SMARTS) is 1. The van der Waals surface area contributed by atoms with Crippen molar-refractivity contribution in [2.24, 2.45) is 0 Å². The molecule has 116 valence electrons. The van der Waals surface area contributed by atoms with Crippen molar-refractivity contribution < 1.29 is 28.2 Å². The minimum atomic E-state index is -3.42. The van der Waals surface area contributed by atoms with Gasteiger partial charge in [0.2, 0.25) is 10.0 Å². The van der Waals surface area contributed by atoms with Crippen LogP contribution in [0.15, 0.2) is 18.2 Å². The maximum atomic E-state index is 11.5. The predicted molar refractivity (Wildman–Crippen MR) is 74.9 cm³/mol. The molecule has 2 amide bonds. The van der Waals surface area contributed by atoms with E-state index < -0.39 is 27.8 Å². The molecule has 0 aromatic heterocycles. The number of sulfonamides is 1. The van der Waals surface area contributed by atoms with Gasteiger partial charge in [0, 0.05) is 6.54 Å². The summed E-state index contributed by atoms with van der Waals surface area (Å²) < 4.78 is 24.3. The third-order valence-electron chi connectivity index (χ3n) is 2.46. The lowest BCUT2D eigenvalue weighted by Crippen LogP contribution is -2.35. The van der Waals surface area contributed by atoms with Gasteiger partial charge in [0.05, 0.1) is 17.0 Å². The van der Waals surface area contributed by atoms with Gasteiger partial charge in [0.15, 0.2) is 0 Å². The fourth-order valence-electron chi connectivity index (χ4n) is 1.34. The third-order valence-corrected chi connectivity index (χ3v) is 3.82. The Labute approximate surface area is 121 Å². The Morgan fingerprint density at radius 3 is 2.48 bits per heavy atom. The minimum Gasteiger partial charge on any atom is -0.506 e. The number of carbonyl (C=O) groups is 2. The summed E-state index contributed by atoms with van der Waals surface area (Å²) in [4.78, 5) is 22.2. The van der Waals surface area contributed by atoms with Crippen LogP contribution in [0.4, 0.5) is 10.5 Å². The summed E-state index contributed by atoms with van der Waals surface area (Å²) in [5, 5.41) is 22.9. The fraction of sp³-hybridized carbons (Fsp3) is 0.273. The van der Waals surface area contributed by atoms with Crippen molar-refractivity contribution in [2.75, 3.05) is 24.7 Å². The highest BCUT2D eigenvalue weighted by Gasteiger charge is 2.11. The number of rotatable bonds is 6. The number of benzene rings is 1. The topological polar surface area (TPSA) is 145 Å². The van der Waals surface area contributed by atoms with E-state index in [0.717, 1.165) is 6.07 Å². The molecule has 5 N–H and O–H groups in total. The van der Waals surface area contributed by atoms with Gasteiger partial charge in [0.25, 0.3) is 0 Å². The number of carbonyl (C=O) groups excluding carboxylic acids is 1. The van der Waals surface area contributed by atoms with E-state index in [-0.39, 0.29) is 23.5 Å². The Kier molecular flexibility index (Phi) is 5.50. The molecule has 21 heavy (non-hydrogen) atoms. The Morgan fingerprint density at radius 1 is 1.29 bits per heavy atom. The van der Waals surface area contributed by atoms with Crippen LogP contribution in [0.2, 0.25) is 0 Å². The Bertz CT molecular complexity index is 643. The molecule has 9 nitrogen and oxygen atoms in total. The van der Waals surface area contributed by atoms with Gasteiger partial charge in [-0.3, -0.25) is 0 Å². The summed E-state index contributed by atoms with van der Waals surface area (Å²) >= 11 is 0. The summed E-state index contributed by atoms with van der Waals surface area (Å²) in [5.74, 6) is -1.91. The summed E-state index contributed by atoms with van der Waals surface area (Å²) in [6, 6.07) is 2.70. The molecule has 0 aliphatic rings. The standard InChI is InChI=1S/C11H15N3O6S/c1-12-21(19,20)5-4-13-11(18)14-8-3-2-7(10(16)17)6-9(8)15/h2-3,6,12,15H,4-5H2,1H3,(H,16,17)(H2,13,14,18). The summed E-state index contributed by atoms with van der Waals surface area (Å²) in [5.41, 5.74) is -0.118. The van der Waals surface area contributed by atoms with E-state index in [2.05, 4.69) is 15.4 Å². The first kappa shape index (κ1) is 16.7. The maximum Gasteiger partial charge on any atom is 0.335 e. The first-order valence-corrected chi connectivity index (χ1v) is 7.43. The average molecular weight is 317 g/mol. The van der Waals surface area contributed by atoms with Crippen molar-refractivity contribution in [2.45, 2.75) is 0 Å². The Balaban J connectivity index is 2.58. The summed E-state index contributed by atoms with van der Waals surface area (Å²) in [6.07, 6.45) is 0. The molecule has 1 aromatic carbocycles. The van der Waals surface area contributed by atoms with Crippen LogP contribution in [0.25, 0.3) is 0 Å². The second kappa shape index (κ2) is 6.90. The van der Waals surface area contributed by atoms with Crippen molar-refractivity contribution in [3.63, 3.8) is 0 Å². The Hall–Kier alpha value is -2.33. The van der Waals surface area contributed by atoms with Crippen molar-refractivity contribution in [3.05, 3.63) is 23.8 Å². The molecular weight excluding hydrogens is 302 g/mol. The molecule has 0 saturated carbocycles. The number of hydrogen-bond donors (Lipinski definition) is 5. The van der Waals surface area contributed by atoms with E-state index in [1.54, 1.807) is 0 Å². The van der Waals surface area contributed by atoms with Crippen LogP contribution in [0.3, 0.4) is 0 Å². The van der Waals surface area contributed by atoms with Crippen molar-refractivity contribution in [1.29, 1.82) is 0 Å². The van der Waals surface area contributed by atoms with Crippen LogP contribution in [0.5, 0.6) is 5.75 Å². The fourth-order valence-corrected chi connectivity index (χ4v) is 1.91. The zero-order valence-electron chi connectivity index (χ0n) is 11.1. The largest absolute Gasteiger partial charge is 0.506 e. The van der Waals surface area contributed by atoms with Gasteiger partial charge in [-0.1, -0.05) is 0 Å². The highest BCUT2D eigenvalue weighted by atomic mass is 32.2. The van der Waals surface area contributed by atoms with Gasteiger partial charge in [-0.25, -0.2) is 22.7 Å². The number of phenols is 1. The van der Waals surface area contributed by atoms with Gasteiger partial charge in [0.1, 0.15) is 5.75 Å². The lowest BCUT2D eigenvalue weighted by molar-refractivity contribution is 0.0696. The number of hydrogen-bond acceptors (Lipinski definition) is 5. The number of phenolic OH excluding ortho intramolecular Hbond substituents is 1. The Morgan fingerprint density at radius 2 is 1.95 bits per heavy atom. The SMILES string of the molecule is CNS(=O)(=O)CCNC(=O)Nc1ccc(C(=O)O)cc1O. The zero-order valence-corrected chi connectivity index (χ0v) is 11.9. The summed E-state index contributed by atoms with van der Waals surface area (Å²) in [6.45, 7) is -0.122. The number of nitrogens with one attached hydrogen (secondary N) is 3. The van der Waals surface area contributed by atoms with Crippen LogP contribution >= 0.6 is 0 Å². The van der Waals surface area contributed by atoms with Crippen molar-refractivity contribution >= 4 is 27.7 Å². The molecule has 0 spiro atoms. The smallest absolute Gasteiger partial charge is 0.335 e. The molecule has 1 aromatic rings. The molecule has 0 aliphatic carbocycles. The van der Waals surface area contributed by atoms with Crippen LogP contribution in [-0.4, -0.2) is 50.0 Å². The molecule has 0 radical (unpaired) electrons. The number of aromatic carboxylic acids is 1. The second-order valence-corrected chi connectivity index (χ2v) is 5.99. The van der Waals surface area contributed by atoms with Crippen molar-refractivity contribution in [3.8, 4) is 5.75 Å². The second-order valence-electron chi connectivity index (χ2n) is 3.94. The first-order valence-electron chi connectivity index (χ1n) is 5.77. The normalized spacial score (nSPS) is 10.9. The molecule has 1 rings (SSSR count). The van der Waals surface area contributed by atoms with Gasteiger partial charge < -0.3 is 20.8 Å². The molecule has 0 unspecified atom stereocenters. The van der Waals surface area contributed by atoms with Gasteiger partial charge >= 0.3 is 12.0 Å². The zero-order chi connectivity index (χ0) is 16.0. The summed E-state index contributed by atoms with van der Waals surface area (Å²) in [7, 11) is -2.16. The molecular formula is C11H15N3O6S. The molecule has 0 heterocycles. The number of urea groups is 1. The maximum absolute atomic E-state index is 11.5. The lowest BCUT2D eigenvalue weighted by Gasteiger charge is -2.09. The monoisotopic (exact) mass is 317 g/mol. The molecule has 0 bridgehead atoms. The third kappa shape index (κ3) is 5.28. The quantitative estimate of drug-likeness (QED) is 0.458. The predicted octanol–water partition coefficient (Wildman–Crippen LogP) is -0.239. The molecule has 0 atom stereocenters. The average Bonchev–Trinajstić information content (AvgIpc) is 2.40. The van der Waals surface area contributed by atoms with Gasteiger partial charge in [-0.15, -0.1) is 0 Å². The van der Waals surface area contributed by atoms with E-state index in [1.165, 1.54) is 19.2 Å². The molecule has 0 aliphatic heterocycles. The van der Waals surface area contributed by atoms with Crippen LogP contribution in [0.1, 0.15) is 10.4 Å². The van der Waals surface area contributed by atoms with Crippen LogP contribution in [-0.2, 0) is 10.0 Å². The van der Waals surface area contributed by atoms with Gasteiger partial charge in [-0.05, 0) is 25.2 Å². The van der Waals surface area contributed by atoms with E-state index in [0.29, 0.717) is 0 Å². The van der Waals surface area contributed by atoms with E-state index in [9.17, 15) is 23.1 Å². The van der Waals surface area contributed by atoms with E-state index in [1.807, 2.05) is 0 Å². The highest BCUT2D eigenvalue weighted by Crippen LogP contribution is 2.24. The van der Waals surface area contributed by atoms with Gasteiger partial charge in [-0.2, -0.15) is 0 Å². The molecule has 0 fully saturated rings. The number of anilines is 1. The number of carboxylic acids is 1. The minimum absolute atomic E-state index is 0.00831. The lowest BCUT2D eigenvalue weighted by atomic mass is 10.2. The molecule has 10 heteroatoms. The van der Waals surface area contributed by atoms with E-state index >= 15 is 0 Å². The van der Waals surface area contributed by atoms with Crippen LogP contribution in [0, 0.1) is 0 Å². The number of aromatic hydroxyl groups is 1. The van der Waals surface area contributed by atoms with Crippen LogP contribution < -0.4 is 15.4 Å². The first-order chi connectivity index (χ1) is 9.75. The van der Waals surface area contributed by atoms with E-state index in [4.69, 9.17) is 5.11 Å². The van der Waals surface area contributed by atoms with Crippen molar-refractivity contribution in [1.82, 2.24) is 10.0 Å².